The molecule has 1 aromatic heterocycles. The third-order valence-corrected chi connectivity index (χ3v) is 8.88. The molecule has 0 radical (unpaired) electrons. The largest absolute Gasteiger partial charge is 0.480 e. The molecule has 8 nitrogen and oxygen atoms in total. The summed E-state index contributed by atoms with van der Waals surface area (Å²) in [6.07, 6.45) is -2.46. The third kappa shape index (κ3) is 6.20. The van der Waals surface area contributed by atoms with Gasteiger partial charge in [0.2, 0.25) is 0 Å². The number of carbonyl (C=O) groups is 2. The molecule has 1 fully saturated rings. The Morgan fingerprint density at radius 1 is 1.09 bits per heavy atom. The maximum absolute atomic E-state index is 15.3. The van der Waals surface area contributed by atoms with Crippen molar-refractivity contribution in [2.45, 2.75) is 64.7 Å². The summed E-state index contributed by atoms with van der Waals surface area (Å²) in [6.45, 7) is 4.46. The summed E-state index contributed by atoms with van der Waals surface area (Å²) in [7, 11) is 1.72. The zero-order valence-corrected chi connectivity index (χ0v) is 25.5. The van der Waals surface area contributed by atoms with Gasteiger partial charge >= 0.3 is 12.1 Å². The van der Waals surface area contributed by atoms with Crippen molar-refractivity contribution >= 4 is 17.6 Å². The first-order valence-electron chi connectivity index (χ1n) is 14.7. The first-order valence-corrected chi connectivity index (χ1v) is 14.7. The fraction of sp³-hybridized carbons (Fsp3) is 0.424. The normalized spacial score (nSPS) is 17.2. The number of fused-ring (bicyclic) bond motifs is 1. The van der Waals surface area contributed by atoms with E-state index in [1.807, 2.05) is 26.0 Å². The number of aryl methyl sites for hydroxylation is 3. The third-order valence-electron chi connectivity index (χ3n) is 8.88. The highest BCUT2D eigenvalue weighted by atomic mass is 19.4. The number of anilines is 1. The number of nitrogens with one attached hydrogen (secondary N) is 1. The van der Waals surface area contributed by atoms with E-state index in [9.17, 15) is 32.7 Å². The number of hydrogen-bond acceptors (Lipinski definition) is 5. The van der Waals surface area contributed by atoms with Crippen LogP contribution in [0.4, 0.5) is 23.2 Å². The van der Waals surface area contributed by atoms with Crippen molar-refractivity contribution < 1.29 is 37.0 Å². The summed E-state index contributed by atoms with van der Waals surface area (Å²) in [4.78, 5) is 39.7. The number of halogens is 4. The smallest absolute Gasteiger partial charge is 0.411 e. The highest BCUT2D eigenvalue weighted by Gasteiger charge is 2.45. The van der Waals surface area contributed by atoms with Crippen LogP contribution in [-0.4, -0.2) is 59.6 Å². The summed E-state index contributed by atoms with van der Waals surface area (Å²) >= 11 is 0. The van der Waals surface area contributed by atoms with E-state index in [0.29, 0.717) is 24.0 Å². The van der Waals surface area contributed by atoms with Gasteiger partial charge < -0.3 is 24.6 Å². The molecule has 2 aromatic carbocycles. The van der Waals surface area contributed by atoms with Crippen LogP contribution in [0.1, 0.15) is 50.3 Å². The van der Waals surface area contributed by atoms with Crippen LogP contribution < -0.4 is 15.8 Å². The van der Waals surface area contributed by atoms with Gasteiger partial charge in [0.05, 0.1) is 24.3 Å². The molecule has 1 amide bonds. The quantitative estimate of drug-likeness (QED) is 0.365. The standard InChI is InChI=1S/C33H35F4N3O5/c1-17-12-19(3)39(4)31(42)28(17)24-9-8-20(22-6-5-7-23(22)24)14-26(32(43)44)38-30(41)29-18(2)13-21(15-25(29)34)40-10-11-45-16-27(40)33(35,36)37/h8-9,12-13,15,26-27H,5-7,10-11,14,16H2,1-4H3,(H,38,41)(H,43,44)/t26-,27+/m0/s1. The van der Waals surface area contributed by atoms with Crippen LogP contribution in [0, 0.1) is 26.6 Å². The lowest BCUT2D eigenvalue weighted by Gasteiger charge is -2.38. The molecule has 2 heterocycles. The lowest BCUT2D eigenvalue weighted by atomic mass is 9.90. The number of carbonyl (C=O) groups excluding carboxylic acids is 1. The first kappa shape index (κ1) is 32.2. The lowest BCUT2D eigenvalue weighted by Crippen LogP contribution is -2.53. The van der Waals surface area contributed by atoms with E-state index in [0.717, 1.165) is 45.3 Å². The number of benzene rings is 2. The number of hydrogen-bond donors (Lipinski definition) is 2. The second kappa shape index (κ2) is 12.3. The molecule has 1 aliphatic carbocycles. The Hall–Kier alpha value is -4.19. The SMILES string of the molecule is Cc1cc(N2CCOC[C@@H]2C(F)(F)F)cc(F)c1C(=O)N[C@@H](Cc1ccc(-c2c(C)cc(C)n(C)c2=O)c2c1CCC2)C(=O)O. The van der Waals surface area contributed by atoms with Gasteiger partial charge in [-0.3, -0.25) is 9.59 Å². The van der Waals surface area contributed by atoms with Crippen molar-refractivity contribution in [2.24, 2.45) is 7.05 Å². The van der Waals surface area contributed by atoms with Gasteiger partial charge in [0, 0.05) is 31.4 Å². The molecular weight excluding hydrogens is 594 g/mol. The first-order chi connectivity index (χ1) is 21.2. The Morgan fingerprint density at radius 3 is 2.47 bits per heavy atom. The number of aromatic nitrogens is 1. The van der Waals surface area contributed by atoms with Crippen LogP contribution in [0.15, 0.2) is 35.1 Å². The molecule has 240 valence electrons. The number of amides is 1. The molecule has 1 aliphatic heterocycles. The maximum Gasteiger partial charge on any atom is 0.411 e. The minimum atomic E-state index is -4.61. The molecule has 0 saturated carbocycles. The monoisotopic (exact) mass is 629 g/mol. The number of nitrogens with zero attached hydrogens (tertiary/aromatic N) is 2. The van der Waals surface area contributed by atoms with Gasteiger partial charge in [0.25, 0.3) is 11.5 Å². The molecule has 12 heteroatoms. The van der Waals surface area contributed by atoms with Crippen LogP contribution in [-0.2, 0) is 35.8 Å². The van der Waals surface area contributed by atoms with Gasteiger partial charge in [-0.25, -0.2) is 9.18 Å². The van der Waals surface area contributed by atoms with E-state index in [4.69, 9.17) is 4.74 Å². The maximum atomic E-state index is 15.3. The van der Waals surface area contributed by atoms with Crippen molar-refractivity contribution in [1.29, 1.82) is 0 Å². The predicted octanol–water partition coefficient (Wildman–Crippen LogP) is 4.80. The number of rotatable bonds is 7. The number of alkyl halides is 3. The molecule has 2 atom stereocenters. The Kier molecular flexibility index (Phi) is 8.81. The molecule has 0 spiro atoms. The van der Waals surface area contributed by atoms with Gasteiger partial charge in [0.1, 0.15) is 17.9 Å². The van der Waals surface area contributed by atoms with Gasteiger partial charge in [-0.05, 0) is 91.6 Å². The molecule has 2 aliphatic rings. The minimum Gasteiger partial charge on any atom is -0.480 e. The zero-order valence-electron chi connectivity index (χ0n) is 25.5. The lowest BCUT2D eigenvalue weighted by molar-refractivity contribution is -0.167. The van der Waals surface area contributed by atoms with Crippen LogP contribution >= 0.6 is 0 Å². The van der Waals surface area contributed by atoms with Crippen LogP contribution in [0.25, 0.3) is 11.1 Å². The van der Waals surface area contributed by atoms with Gasteiger partial charge in [0.15, 0.2) is 0 Å². The molecule has 0 unspecified atom stereocenters. The molecule has 1 saturated heterocycles. The number of carboxylic acid groups (broad SMARTS) is 1. The van der Waals surface area contributed by atoms with Crippen LogP contribution in [0.2, 0.25) is 0 Å². The second-order valence-electron chi connectivity index (χ2n) is 11.8. The summed E-state index contributed by atoms with van der Waals surface area (Å²) < 4.78 is 62.7. The highest BCUT2D eigenvalue weighted by molar-refractivity contribution is 5.98. The fourth-order valence-corrected chi connectivity index (χ4v) is 6.53. The fourth-order valence-electron chi connectivity index (χ4n) is 6.53. The van der Waals surface area contributed by atoms with Gasteiger partial charge in [-0.15, -0.1) is 0 Å². The number of pyridine rings is 1. The van der Waals surface area contributed by atoms with Crippen molar-refractivity contribution in [1.82, 2.24) is 9.88 Å². The summed E-state index contributed by atoms with van der Waals surface area (Å²) in [5.74, 6) is -3.36. The molecular formula is C33H35F4N3O5. The Labute approximate surface area is 257 Å². The Balaban J connectivity index is 1.41. The number of carboxylic acids is 1. The molecule has 0 bridgehead atoms. The van der Waals surface area contributed by atoms with E-state index in [-0.39, 0.29) is 36.4 Å². The average molecular weight is 630 g/mol. The van der Waals surface area contributed by atoms with Crippen LogP contribution in [0.3, 0.4) is 0 Å². The number of morpholine rings is 1. The van der Waals surface area contributed by atoms with Crippen molar-refractivity contribution in [3.05, 3.63) is 85.6 Å². The Bertz CT molecular complexity index is 1710. The van der Waals surface area contributed by atoms with Gasteiger partial charge in [-0.1, -0.05) is 12.1 Å². The van der Waals surface area contributed by atoms with Crippen molar-refractivity contribution in [3.63, 3.8) is 0 Å². The van der Waals surface area contributed by atoms with E-state index >= 15 is 4.39 Å². The van der Waals surface area contributed by atoms with E-state index < -0.39 is 48.1 Å². The number of aliphatic carboxylic acids is 1. The molecule has 45 heavy (non-hydrogen) atoms. The minimum absolute atomic E-state index is 0.0295. The second-order valence-corrected chi connectivity index (χ2v) is 11.8. The van der Waals surface area contributed by atoms with E-state index in [2.05, 4.69) is 5.32 Å². The predicted molar refractivity (Wildman–Crippen MR) is 160 cm³/mol. The Morgan fingerprint density at radius 2 is 1.80 bits per heavy atom. The average Bonchev–Trinajstić information content (AvgIpc) is 3.46. The molecule has 2 N–H and O–H groups in total. The van der Waals surface area contributed by atoms with E-state index in [1.165, 1.54) is 13.0 Å². The summed E-state index contributed by atoms with van der Waals surface area (Å²) in [6, 6.07) is 4.33. The van der Waals surface area contributed by atoms with Crippen molar-refractivity contribution in [2.75, 3.05) is 24.7 Å². The van der Waals surface area contributed by atoms with E-state index in [1.54, 1.807) is 17.7 Å². The highest BCUT2D eigenvalue weighted by Crippen LogP contribution is 2.36. The number of ether oxygens (including phenoxy) is 1. The van der Waals surface area contributed by atoms with Crippen molar-refractivity contribution in [3.8, 4) is 11.1 Å². The molecule has 5 rings (SSSR count). The zero-order chi connectivity index (χ0) is 32.8. The summed E-state index contributed by atoms with van der Waals surface area (Å²) in [5, 5.41) is 12.4. The summed E-state index contributed by atoms with van der Waals surface area (Å²) in [5.41, 5.74) is 5.19. The van der Waals surface area contributed by atoms with Gasteiger partial charge in [-0.2, -0.15) is 13.2 Å². The van der Waals surface area contributed by atoms with Crippen LogP contribution in [0.5, 0.6) is 0 Å². The topological polar surface area (TPSA) is 101 Å². The molecule has 3 aromatic rings.